The Bertz CT molecular complexity index is 797. The largest absolute Gasteiger partial charge is 0.367 e. The molecule has 2 saturated carbocycles. The molecule has 2 fully saturated rings. The quantitative estimate of drug-likeness (QED) is 0.813. The number of nitrogens with zero attached hydrogens (tertiary/aromatic N) is 1. The lowest BCUT2D eigenvalue weighted by molar-refractivity contribution is 0.0191. The van der Waals surface area contributed by atoms with Crippen LogP contribution in [-0.2, 0) is 6.42 Å². The number of fused-ring (bicyclic) bond motifs is 1. The molecule has 5 rings (SSSR count). The summed E-state index contributed by atoms with van der Waals surface area (Å²) >= 11 is 0. The van der Waals surface area contributed by atoms with Crippen molar-refractivity contribution >= 4 is 11.7 Å². The van der Waals surface area contributed by atoms with Gasteiger partial charge in [0.25, 0.3) is 5.91 Å². The Morgan fingerprint density at radius 1 is 1.25 bits per heavy atom. The van der Waals surface area contributed by atoms with Crippen molar-refractivity contribution in [3.8, 4) is 11.3 Å². The second kappa shape index (κ2) is 5.10. The SMILES string of the molecule is O=C1NCCc2[nH]c(-c3ccnc(NC4CC5(CCC5)C4)c3)cc21. The minimum Gasteiger partial charge on any atom is -0.367 e. The molecule has 24 heavy (non-hydrogen) atoms. The highest BCUT2D eigenvalue weighted by Gasteiger charge is 2.48. The summed E-state index contributed by atoms with van der Waals surface area (Å²) in [5.41, 5.74) is 4.54. The molecule has 1 amide bonds. The predicted octanol–water partition coefficient (Wildman–Crippen LogP) is 3.11. The molecule has 2 aromatic heterocycles. The lowest BCUT2D eigenvalue weighted by Gasteiger charge is -2.54. The van der Waals surface area contributed by atoms with Gasteiger partial charge in [-0.3, -0.25) is 4.79 Å². The van der Waals surface area contributed by atoms with E-state index in [1.54, 1.807) is 0 Å². The first-order chi connectivity index (χ1) is 11.7. The Balaban J connectivity index is 1.35. The highest BCUT2D eigenvalue weighted by atomic mass is 16.1. The van der Waals surface area contributed by atoms with E-state index in [0.29, 0.717) is 18.0 Å². The molecule has 5 heteroatoms. The fraction of sp³-hybridized carbons (Fsp3) is 0.474. The van der Waals surface area contributed by atoms with E-state index in [4.69, 9.17) is 0 Å². The maximum atomic E-state index is 11.9. The molecule has 5 nitrogen and oxygen atoms in total. The van der Waals surface area contributed by atoms with Crippen molar-refractivity contribution in [3.63, 3.8) is 0 Å². The third-order valence-electron chi connectivity index (χ3n) is 6.00. The molecule has 3 aliphatic rings. The first-order valence-electron chi connectivity index (χ1n) is 8.94. The van der Waals surface area contributed by atoms with Gasteiger partial charge < -0.3 is 15.6 Å². The van der Waals surface area contributed by atoms with Crippen molar-refractivity contribution in [2.45, 2.75) is 44.6 Å². The van der Waals surface area contributed by atoms with Crippen LogP contribution in [-0.4, -0.2) is 28.5 Å². The van der Waals surface area contributed by atoms with Crippen molar-refractivity contribution < 1.29 is 4.79 Å². The van der Waals surface area contributed by atoms with Crippen LogP contribution in [0.1, 0.15) is 48.2 Å². The molecule has 1 aliphatic heterocycles. The Morgan fingerprint density at radius 3 is 2.88 bits per heavy atom. The molecule has 0 unspecified atom stereocenters. The smallest absolute Gasteiger partial charge is 0.253 e. The summed E-state index contributed by atoms with van der Waals surface area (Å²) in [6.07, 6.45) is 9.51. The summed E-state index contributed by atoms with van der Waals surface area (Å²) in [5, 5.41) is 6.47. The Labute approximate surface area is 141 Å². The Kier molecular flexibility index (Phi) is 2.99. The number of nitrogens with one attached hydrogen (secondary N) is 3. The zero-order valence-electron chi connectivity index (χ0n) is 13.7. The van der Waals surface area contributed by atoms with Gasteiger partial charge in [0.05, 0.1) is 5.56 Å². The van der Waals surface area contributed by atoms with Crippen molar-refractivity contribution in [1.82, 2.24) is 15.3 Å². The lowest BCUT2D eigenvalue weighted by atomic mass is 9.54. The van der Waals surface area contributed by atoms with Gasteiger partial charge in [-0.15, -0.1) is 0 Å². The molecule has 2 aromatic rings. The third-order valence-corrected chi connectivity index (χ3v) is 6.00. The topological polar surface area (TPSA) is 69.8 Å². The normalized spacial score (nSPS) is 21.6. The zero-order valence-corrected chi connectivity index (χ0v) is 13.7. The molecule has 3 heterocycles. The van der Waals surface area contributed by atoms with E-state index < -0.39 is 0 Å². The molecule has 0 aromatic carbocycles. The lowest BCUT2D eigenvalue weighted by Crippen LogP contribution is -2.49. The maximum absolute atomic E-state index is 11.9. The highest BCUT2D eigenvalue weighted by molar-refractivity contribution is 5.97. The summed E-state index contributed by atoms with van der Waals surface area (Å²) in [7, 11) is 0. The van der Waals surface area contributed by atoms with Crippen molar-refractivity contribution in [1.29, 1.82) is 0 Å². The number of aromatic nitrogens is 2. The first-order valence-corrected chi connectivity index (χ1v) is 8.94. The number of anilines is 1. The van der Waals surface area contributed by atoms with Crippen LogP contribution >= 0.6 is 0 Å². The van der Waals surface area contributed by atoms with Crippen LogP contribution < -0.4 is 10.6 Å². The minimum atomic E-state index is 0.0198. The molecule has 1 spiro atoms. The van der Waals surface area contributed by atoms with E-state index in [1.807, 2.05) is 18.3 Å². The van der Waals surface area contributed by atoms with Crippen LogP contribution in [0.3, 0.4) is 0 Å². The molecule has 0 saturated heterocycles. The summed E-state index contributed by atoms with van der Waals surface area (Å²) in [6, 6.07) is 6.60. The number of aromatic amines is 1. The molecule has 124 valence electrons. The van der Waals surface area contributed by atoms with Crippen molar-refractivity contribution in [2.75, 3.05) is 11.9 Å². The van der Waals surface area contributed by atoms with Crippen LogP contribution in [0.25, 0.3) is 11.3 Å². The van der Waals surface area contributed by atoms with E-state index in [-0.39, 0.29) is 5.91 Å². The molecule has 2 aliphatic carbocycles. The van der Waals surface area contributed by atoms with Crippen LogP contribution in [0.4, 0.5) is 5.82 Å². The molecular formula is C19H22N4O. The fourth-order valence-electron chi connectivity index (χ4n) is 4.51. The van der Waals surface area contributed by atoms with Gasteiger partial charge in [-0.1, -0.05) is 6.42 Å². The number of H-pyrrole nitrogens is 1. The van der Waals surface area contributed by atoms with E-state index >= 15 is 0 Å². The summed E-state index contributed by atoms with van der Waals surface area (Å²) in [5.74, 6) is 0.954. The highest BCUT2D eigenvalue weighted by Crippen LogP contribution is 2.56. The second-order valence-corrected chi connectivity index (χ2v) is 7.61. The van der Waals surface area contributed by atoms with E-state index in [1.165, 1.54) is 32.1 Å². The average Bonchev–Trinajstić information content (AvgIpc) is 2.95. The van der Waals surface area contributed by atoms with Gasteiger partial charge in [-0.05, 0) is 49.3 Å². The Hall–Kier alpha value is -2.30. The van der Waals surface area contributed by atoms with Gasteiger partial charge in [0.2, 0.25) is 0 Å². The summed E-state index contributed by atoms with van der Waals surface area (Å²) in [4.78, 5) is 19.8. The van der Waals surface area contributed by atoms with Crippen LogP contribution in [0.5, 0.6) is 0 Å². The van der Waals surface area contributed by atoms with Crippen LogP contribution in [0, 0.1) is 5.41 Å². The van der Waals surface area contributed by atoms with Crippen molar-refractivity contribution in [2.24, 2.45) is 5.41 Å². The van der Waals surface area contributed by atoms with E-state index in [2.05, 4.69) is 26.7 Å². The average molecular weight is 322 g/mol. The number of carbonyl (C=O) groups excluding carboxylic acids is 1. The van der Waals surface area contributed by atoms with Gasteiger partial charge in [0, 0.05) is 42.2 Å². The molecule has 0 atom stereocenters. The maximum Gasteiger partial charge on any atom is 0.253 e. The number of hydrogen-bond acceptors (Lipinski definition) is 3. The number of amides is 1. The number of pyridine rings is 1. The summed E-state index contributed by atoms with van der Waals surface area (Å²) < 4.78 is 0. The monoisotopic (exact) mass is 322 g/mol. The molecule has 0 radical (unpaired) electrons. The van der Waals surface area contributed by atoms with E-state index in [9.17, 15) is 4.79 Å². The van der Waals surface area contributed by atoms with Crippen LogP contribution in [0.15, 0.2) is 24.4 Å². The third kappa shape index (κ3) is 2.22. The molecule has 0 bridgehead atoms. The summed E-state index contributed by atoms with van der Waals surface area (Å²) in [6.45, 7) is 0.707. The standard InChI is InChI=1S/C19H22N4O/c24-18-14-9-16(23-15(14)3-7-21-18)12-2-6-20-17(8-12)22-13-10-19(11-13)4-1-5-19/h2,6,8-9,13,23H,1,3-5,7,10-11H2,(H,20,22)(H,21,24). The molecular weight excluding hydrogens is 300 g/mol. The van der Waals surface area contributed by atoms with Gasteiger partial charge in [0.15, 0.2) is 0 Å². The van der Waals surface area contributed by atoms with Gasteiger partial charge >= 0.3 is 0 Å². The number of rotatable bonds is 3. The number of hydrogen-bond donors (Lipinski definition) is 3. The Morgan fingerprint density at radius 2 is 2.12 bits per heavy atom. The van der Waals surface area contributed by atoms with Gasteiger partial charge in [-0.25, -0.2) is 4.98 Å². The van der Waals surface area contributed by atoms with Gasteiger partial charge in [0.1, 0.15) is 5.82 Å². The second-order valence-electron chi connectivity index (χ2n) is 7.61. The van der Waals surface area contributed by atoms with E-state index in [0.717, 1.165) is 34.8 Å². The molecule has 3 N–H and O–H groups in total. The number of carbonyl (C=O) groups is 1. The van der Waals surface area contributed by atoms with Crippen LogP contribution in [0.2, 0.25) is 0 Å². The minimum absolute atomic E-state index is 0.0198. The zero-order chi connectivity index (χ0) is 16.1. The van der Waals surface area contributed by atoms with Gasteiger partial charge in [-0.2, -0.15) is 0 Å². The fourth-order valence-corrected chi connectivity index (χ4v) is 4.51. The predicted molar refractivity (Wildman–Crippen MR) is 93.0 cm³/mol. The van der Waals surface area contributed by atoms with Crippen molar-refractivity contribution in [3.05, 3.63) is 35.7 Å². The first kappa shape index (κ1) is 14.1.